The quantitative estimate of drug-likeness (QED) is 0.384. The number of morpholine rings is 1. The minimum Gasteiger partial charge on any atom is -0.478 e. The third kappa shape index (κ3) is 7.88. The zero-order valence-electron chi connectivity index (χ0n) is 19.8. The number of nitrogens with zero attached hydrogens (tertiary/aromatic N) is 3. The summed E-state index contributed by atoms with van der Waals surface area (Å²) in [5, 5.41) is 7.90. The molecule has 0 radical (unpaired) electrons. The van der Waals surface area contributed by atoms with E-state index in [9.17, 15) is 0 Å². The molecular formula is C25H39N5O2. The predicted molar refractivity (Wildman–Crippen MR) is 130 cm³/mol. The van der Waals surface area contributed by atoms with E-state index in [1.165, 1.54) is 11.3 Å². The van der Waals surface area contributed by atoms with E-state index in [-0.39, 0.29) is 6.17 Å². The van der Waals surface area contributed by atoms with Gasteiger partial charge in [-0.15, -0.1) is 0 Å². The number of allylic oxidation sites excluding steroid dienone is 1. The third-order valence-electron chi connectivity index (χ3n) is 5.50. The summed E-state index contributed by atoms with van der Waals surface area (Å²) in [4.78, 5) is 4.80. The Balaban J connectivity index is 1.63. The molecule has 7 heteroatoms. The molecule has 32 heavy (non-hydrogen) atoms. The molecule has 1 aromatic rings. The van der Waals surface area contributed by atoms with Crippen LogP contribution in [0.15, 0.2) is 53.1 Å². The summed E-state index contributed by atoms with van der Waals surface area (Å²) >= 11 is 0. The van der Waals surface area contributed by atoms with Gasteiger partial charge in [-0.1, -0.05) is 43.7 Å². The monoisotopic (exact) mass is 441 g/mol. The maximum atomic E-state index is 6.14. The van der Waals surface area contributed by atoms with Gasteiger partial charge in [0.05, 0.1) is 19.4 Å². The molecule has 0 spiro atoms. The van der Waals surface area contributed by atoms with Crippen LogP contribution in [0.2, 0.25) is 0 Å². The molecule has 0 bridgehead atoms. The Morgan fingerprint density at radius 3 is 2.75 bits per heavy atom. The number of hydrogen-bond donors (Lipinski definition) is 2. The molecule has 0 aromatic heterocycles. The number of hydrogen-bond acceptors (Lipinski definition) is 7. The van der Waals surface area contributed by atoms with Crippen LogP contribution in [-0.4, -0.2) is 74.7 Å². The Bertz CT molecular complexity index is 780. The molecule has 7 nitrogen and oxygen atoms in total. The second-order valence-corrected chi connectivity index (χ2v) is 8.31. The van der Waals surface area contributed by atoms with E-state index in [0.29, 0.717) is 6.61 Å². The Morgan fingerprint density at radius 2 is 2.03 bits per heavy atom. The number of hydrazone groups is 1. The zero-order valence-corrected chi connectivity index (χ0v) is 19.8. The largest absolute Gasteiger partial charge is 0.478 e. The van der Waals surface area contributed by atoms with Crippen molar-refractivity contribution in [2.24, 2.45) is 5.10 Å². The first-order valence-electron chi connectivity index (χ1n) is 11.9. The fourth-order valence-electron chi connectivity index (χ4n) is 3.90. The Hall–Kier alpha value is -2.51. The molecule has 1 atom stereocenters. The summed E-state index contributed by atoms with van der Waals surface area (Å²) in [5.41, 5.74) is 6.71. The van der Waals surface area contributed by atoms with Gasteiger partial charge in [-0.3, -0.25) is 10.3 Å². The van der Waals surface area contributed by atoms with Gasteiger partial charge in [-0.2, -0.15) is 5.10 Å². The minimum absolute atomic E-state index is 0.134. The lowest BCUT2D eigenvalue weighted by molar-refractivity contribution is 0.0260. The van der Waals surface area contributed by atoms with Crippen molar-refractivity contribution in [3.63, 3.8) is 0 Å². The van der Waals surface area contributed by atoms with Crippen LogP contribution in [0.25, 0.3) is 0 Å². The van der Waals surface area contributed by atoms with E-state index in [1.54, 1.807) is 0 Å². The van der Waals surface area contributed by atoms with Crippen LogP contribution in [0.3, 0.4) is 0 Å². The highest BCUT2D eigenvalue weighted by Crippen LogP contribution is 2.16. The van der Waals surface area contributed by atoms with Crippen LogP contribution in [0, 0.1) is 6.92 Å². The highest BCUT2D eigenvalue weighted by Gasteiger charge is 2.19. The van der Waals surface area contributed by atoms with Gasteiger partial charge in [0.2, 0.25) is 0 Å². The van der Waals surface area contributed by atoms with E-state index in [0.717, 1.165) is 70.2 Å². The molecule has 1 unspecified atom stereocenters. The first-order chi connectivity index (χ1) is 15.7. The van der Waals surface area contributed by atoms with Crippen LogP contribution in [0.5, 0.6) is 0 Å². The molecule has 176 valence electrons. The van der Waals surface area contributed by atoms with Crippen molar-refractivity contribution >= 4 is 6.21 Å². The third-order valence-corrected chi connectivity index (χ3v) is 5.50. The van der Waals surface area contributed by atoms with Crippen LogP contribution >= 0.6 is 0 Å². The summed E-state index contributed by atoms with van der Waals surface area (Å²) < 4.78 is 11.6. The highest BCUT2D eigenvalue weighted by molar-refractivity contribution is 5.79. The van der Waals surface area contributed by atoms with Gasteiger partial charge in [0.1, 0.15) is 12.8 Å². The van der Waals surface area contributed by atoms with Gasteiger partial charge in [-0.25, -0.2) is 0 Å². The first-order valence-corrected chi connectivity index (χ1v) is 11.9. The summed E-state index contributed by atoms with van der Waals surface area (Å²) in [6, 6.07) is 8.30. The lowest BCUT2D eigenvalue weighted by Gasteiger charge is -2.31. The van der Waals surface area contributed by atoms with Gasteiger partial charge in [0.25, 0.3) is 0 Å². The average Bonchev–Trinajstić information content (AvgIpc) is 2.80. The van der Waals surface area contributed by atoms with E-state index in [1.807, 2.05) is 12.3 Å². The molecule has 0 saturated carbocycles. The molecule has 1 fully saturated rings. The van der Waals surface area contributed by atoms with Crippen molar-refractivity contribution in [1.82, 2.24) is 20.5 Å². The molecule has 1 saturated heterocycles. The molecule has 3 rings (SSSR count). The first kappa shape index (κ1) is 24.1. The van der Waals surface area contributed by atoms with Gasteiger partial charge < -0.3 is 19.7 Å². The molecule has 2 heterocycles. The van der Waals surface area contributed by atoms with Gasteiger partial charge in [0.15, 0.2) is 5.88 Å². The topological polar surface area (TPSA) is 61.4 Å². The van der Waals surface area contributed by atoms with E-state index in [2.05, 4.69) is 76.8 Å². The molecule has 0 amide bonds. The van der Waals surface area contributed by atoms with Crippen molar-refractivity contribution in [2.75, 3.05) is 52.5 Å². The molecule has 2 aliphatic rings. The van der Waals surface area contributed by atoms with Crippen molar-refractivity contribution in [3.8, 4) is 0 Å². The molecular weight excluding hydrogens is 402 g/mol. The van der Waals surface area contributed by atoms with Gasteiger partial charge in [-0.05, 0) is 31.4 Å². The second kappa shape index (κ2) is 13.1. The van der Waals surface area contributed by atoms with E-state index < -0.39 is 0 Å². The van der Waals surface area contributed by atoms with Crippen LogP contribution in [0.1, 0.15) is 37.8 Å². The smallest absolute Gasteiger partial charge is 0.190 e. The predicted octanol–water partition coefficient (Wildman–Crippen LogP) is 3.04. The number of ether oxygens (including phenoxy) is 2. The zero-order chi connectivity index (χ0) is 22.6. The number of dihydropyridines is 1. The minimum atomic E-state index is -0.134. The van der Waals surface area contributed by atoms with Crippen molar-refractivity contribution in [2.45, 2.75) is 39.8 Å². The molecule has 0 aliphatic carbocycles. The molecule has 1 aromatic carbocycles. The van der Waals surface area contributed by atoms with Gasteiger partial charge >= 0.3 is 0 Å². The van der Waals surface area contributed by atoms with Crippen molar-refractivity contribution < 1.29 is 9.47 Å². The van der Waals surface area contributed by atoms with Gasteiger partial charge in [0, 0.05) is 44.5 Å². The summed E-state index contributed by atoms with van der Waals surface area (Å²) in [6.45, 7) is 13.7. The average molecular weight is 442 g/mol. The Kier molecular flexibility index (Phi) is 9.91. The number of benzene rings is 1. The molecule has 2 aliphatic heterocycles. The number of rotatable bonds is 12. The number of nitrogens with one attached hydrogen (secondary N) is 2. The number of aryl methyl sites for hydroxylation is 1. The van der Waals surface area contributed by atoms with Crippen LogP contribution < -0.4 is 10.7 Å². The lowest BCUT2D eigenvalue weighted by atomic mass is 10.2. The maximum absolute atomic E-state index is 6.14. The van der Waals surface area contributed by atoms with E-state index >= 15 is 0 Å². The highest BCUT2D eigenvalue weighted by atomic mass is 16.5. The maximum Gasteiger partial charge on any atom is 0.190 e. The van der Waals surface area contributed by atoms with Crippen LogP contribution in [-0.2, 0) is 9.47 Å². The lowest BCUT2D eigenvalue weighted by Crippen LogP contribution is -2.43. The fraction of sp³-hybridized carbons (Fsp3) is 0.560. The summed E-state index contributed by atoms with van der Waals surface area (Å²) in [5.74, 6) is 0.788. The normalized spacial score (nSPS) is 19.3. The Morgan fingerprint density at radius 1 is 1.25 bits per heavy atom. The van der Waals surface area contributed by atoms with E-state index in [4.69, 9.17) is 9.47 Å². The van der Waals surface area contributed by atoms with Crippen LogP contribution in [0.4, 0.5) is 0 Å². The van der Waals surface area contributed by atoms with Crippen molar-refractivity contribution in [1.29, 1.82) is 0 Å². The second-order valence-electron chi connectivity index (χ2n) is 8.31. The Labute approximate surface area is 193 Å². The SMILES string of the molecule is CCCN(CCC)C1=CC(N/N=C/c2cccc(C)c2)NC(OCCN2CCOCC2)=C1. The standard InChI is InChI=1S/C25H39N5O2/c1-4-9-30(10-5-2)23-18-24(28-26-20-22-8-6-7-21(3)17-22)27-25(19-23)32-16-13-29-11-14-31-15-12-29/h6-8,17-20,24,27-28H,4-5,9-16H2,1-3H3/b26-20+. The summed E-state index contributed by atoms with van der Waals surface area (Å²) in [7, 11) is 0. The summed E-state index contributed by atoms with van der Waals surface area (Å²) in [6.07, 6.45) is 8.24. The molecule has 2 N–H and O–H groups in total. The fourth-order valence-corrected chi connectivity index (χ4v) is 3.90. The van der Waals surface area contributed by atoms with Crippen molar-refractivity contribution in [3.05, 3.63) is 59.1 Å².